The minimum atomic E-state index is -0.362. The van der Waals surface area contributed by atoms with Crippen LogP contribution < -0.4 is 20.1 Å². The molecule has 0 bridgehead atoms. The Morgan fingerprint density at radius 3 is 1.43 bits per heavy atom. The molecule has 2 amide bonds. The molecule has 1 aromatic carbocycles. The molecule has 7 rings (SSSR count). The van der Waals surface area contributed by atoms with Crippen LogP contribution in [0.5, 0.6) is 11.5 Å². The maximum Gasteiger partial charge on any atom is 0.407 e. The molecule has 0 aliphatic carbocycles. The maximum atomic E-state index is 13.0. The number of carbonyl (C=O) groups excluding carboxylic acids is 2. The summed E-state index contributed by atoms with van der Waals surface area (Å²) in [5, 5.41) is 9.93. The Hall–Kier alpha value is -4.06. The van der Waals surface area contributed by atoms with Gasteiger partial charge in [0.05, 0.1) is 45.6 Å². The van der Waals surface area contributed by atoms with Crippen molar-refractivity contribution in [2.45, 2.75) is 209 Å². The molecule has 10 nitrogen and oxygen atoms in total. The first-order valence-corrected chi connectivity index (χ1v) is 36.2. The normalized spacial score (nSPS) is 12.4. The van der Waals surface area contributed by atoms with Gasteiger partial charge in [0.1, 0.15) is 11.5 Å². The Kier molecular flexibility index (Phi) is 28.3. The van der Waals surface area contributed by atoms with Gasteiger partial charge in [-0.1, -0.05) is 157 Å². The molecule has 82 heavy (non-hydrogen) atoms. The molecule has 2 atom stereocenters. The minimum Gasteiger partial charge on any atom is -0.491 e. The highest BCUT2D eigenvalue weighted by Gasteiger charge is 2.26. The van der Waals surface area contributed by atoms with Crippen LogP contribution in [0.15, 0.2) is 36.7 Å². The van der Waals surface area contributed by atoms with Gasteiger partial charge in [-0.2, -0.15) is 0 Å². The molecule has 0 fully saturated rings. The summed E-state index contributed by atoms with van der Waals surface area (Å²) < 4.78 is 27.9. The highest BCUT2D eigenvalue weighted by Crippen LogP contribution is 2.53. The number of aryl methyl sites for hydroxylation is 2. The molecule has 0 saturated carbocycles. The van der Waals surface area contributed by atoms with Crippen molar-refractivity contribution in [3.8, 4) is 50.8 Å². The van der Waals surface area contributed by atoms with Gasteiger partial charge in [0.25, 0.3) is 0 Å². The second kappa shape index (κ2) is 35.4. The van der Waals surface area contributed by atoms with Gasteiger partial charge in [-0.25, -0.2) is 19.6 Å². The van der Waals surface area contributed by atoms with Gasteiger partial charge in [0.15, 0.2) is 10.0 Å². The van der Waals surface area contributed by atoms with E-state index in [0.29, 0.717) is 57.6 Å². The molecule has 450 valence electrons. The number of hydrogen-bond donors (Lipinski definition) is 2. The summed E-state index contributed by atoms with van der Waals surface area (Å²) in [6.45, 7) is 21.1. The van der Waals surface area contributed by atoms with E-state index >= 15 is 0 Å². The Labute approximate surface area is 515 Å². The number of rotatable bonds is 40. The van der Waals surface area contributed by atoms with Crippen molar-refractivity contribution in [1.82, 2.24) is 20.6 Å². The van der Waals surface area contributed by atoms with Crippen molar-refractivity contribution in [3.05, 3.63) is 57.5 Å². The number of amides is 2. The number of thiazole rings is 2. The quantitative estimate of drug-likeness (QED) is 0.0364. The van der Waals surface area contributed by atoms with Gasteiger partial charge in [-0.15, -0.1) is 68.0 Å². The summed E-state index contributed by atoms with van der Waals surface area (Å²) >= 11 is 10.4. The van der Waals surface area contributed by atoms with E-state index in [4.69, 9.17) is 28.9 Å². The van der Waals surface area contributed by atoms with Crippen molar-refractivity contribution in [2.24, 2.45) is 11.8 Å². The summed E-state index contributed by atoms with van der Waals surface area (Å²) in [5.74, 6) is 2.93. The zero-order valence-corrected chi connectivity index (χ0v) is 55.5. The van der Waals surface area contributed by atoms with Crippen LogP contribution >= 0.6 is 68.0 Å². The van der Waals surface area contributed by atoms with E-state index in [9.17, 15) is 9.59 Å². The fraction of sp³-hybridized carbons (Fsp3) is 0.606. The third-order valence-electron chi connectivity index (χ3n) is 15.4. The number of ether oxygens (including phenoxy) is 4. The van der Waals surface area contributed by atoms with Crippen LogP contribution in [-0.4, -0.2) is 61.7 Å². The van der Waals surface area contributed by atoms with Crippen molar-refractivity contribution < 1.29 is 28.5 Å². The van der Waals surface area contributed by atoms with Crippen LogP contribution in [0, 0.1) is 25.7 Å². The molecule has 6 aromatic heterocycles. The summed E-state index contributed by atoms with van der Waals surface area (Å²) in [4.78, 5) is 44.7. The lowest BCUT2D eigenvalue weighted by atomic mass is 10.0. The number of alkyl carbamates (subject to hydrolysis) is 2. The number of aromatic nitrogens is 2. The number of nitrogens with zero attached hydrogens (tertiary/aromatic N) is 2. The summed E-state index contributed by atoms with van der Waals surface area (Å²) in [6.07, 6.45) is 30.5. The molecule has 0 spiro atoms. The van der Waals surface area contributed by atoms with Crippen molar-refractivity contribution in [3.63, 3.8) is 0 Å². The third-order valence-corrected chi connectivity index (χ3v) is 22.6. The number of benzene rings is 1. The largest absolute Gasteiger partial charge is 0.491 e. The number of hydrogen-bond acceptors (Lipinski definition) is 14. The van der Waals surface area contributed by atoms with Crippen LogP contribution in [0.4, 0.5) is 9.59 Å². The molecule has 2 N–H and O–H groups in total. The second-order valence-electron chi connectivity index (χ2n) is 22.2. The van der Waals surface area contributed by atoms with Gasteiger partial charge in [0.2, 0.25) is 0 Å². The Morgan fingerprint density at radius 2 is 0.915 bits per heavy atom. The highest BCUT2D eigenvalue weighted by molar-refractivity contribution is 7.30. The number of fused-ring (bicyclic) bond motifs is 2. The first-order valence-electron chi connectivity index (χ1n) is 31.3. The van der Waals surface area contributed by atoms with Crippen LogP contribution in [0.2, 0.25) is 0 Å². The Balaban J connectivity index is 1.14. The minimum absolute atomic E-state index is 0.260. The fourth-order valence-corrected chi connectivity index (χ4v) is 17.1. The van der Waals surface area contributed by atoms with E-state index in [0.717, 1.165) is 129 Å². The standard InChI is InChI=1S/C66H94N4O6S6/c1-9-15-19-21-23-25-27-33-67-65(71)73-35-31-49-37-45(7)77-59(49)55-41-69-63(81-55)64-70-42-56(82-64)60-50(32-36-74-66(72)68-34-28-26-24-22-20-16-10-2)39-53(79-60)54-40-52-58(76-44-48(14-6)30-18-12-4)61-51(38-46(8)78-61)57(62(52)80-54)75-43-47(13-5)29-17-11-3/h37-42,47-48H,9-36,43-44H2,1-8H3,(H,67,71)(H,68,72). The highest BCUT2D eigenvalue weighted by atomic mass is 32.1. The zero-order valence-electron chi connectivity index (χ0n) is 50.6. The molecular weight excluding hydrogens is 1140 g/mol. The van der Waals surface area contributed by atoms with Crippen LogP contribution in [0.25, 0.3) is 59.5 Å². The Bertz CT molecular complexity index is 2920. The maximum absolute atomic E-state index is 13.0. The van der Waals surface area contributed by atoms with Crippen molar-refractivity contribution in [1.29, 1.82) is 0 Å². The predicted molar refractivity (Wildman–Crippen MR) is 355 cm³/mol. The van der Waals surface area contributed by atoms with E-state index in [-0.39, 0.29) is 18.8 Å². The van der Waals surface area contributed by atoms with Gasteiger partial charge in [0, 0.05) is 78.4 Å². The number of unbranched alkanes of at least 4 members (excludes halogenated alkanes) is 14. The van der Waals surface area contributed by atoms with E-state index in [1.54, 1.807) is 56.7 Å². The number of thiophene rings is 4. The molecule has 0 radical (unpaired) electrons. The lowest BCUT2D eigenvalue weighted by molar-refractivity contribution is 0.146. The summed E-state index contributed by atoms with van der Waals surface area (Å²) in [7, 11) is 0. The first kappa shape index (κ1) is 65.5. The third kappa shape index (κ3) is 19.5. The van der Waals surface area contributed by atoms with Crippen molar-refractivity contribution >= 4 is 100 Å². The number of nitrogens with one attached hydrogen (secondary N) is 2. The molecule has 16 heteroatoms. The van der Waals surface area contributed by atoms with Gasteiger partial charge < -0.3 is 29.6 Å². The van der Waals surface area contributed by atoms with E-state index in [1.165, 1.54) is 104 Å². The van der Waals surface area contributed by atoms with Crippen LogP contribution in [0.3, 0.4) is 0 Å². The van der Waals surface area contributed by atoms with E-state index < -0.39 is 0 Å². The molecule has 0 aliphatic rings. The first-order chi connectivity index (χ1) is 40.1. The SMILES string of the molecule is CCCCCCCCCNC(=O)OCCc1cc(C)sc1-c1cnc(-c2ncc(-c3sc(-c4cc5c(OCC(CC)CCCC)c6sc(C)cc6c(OCC(CC)CCCC)c5s4)cc3CCOC(=O)NCCCCCCCCC)s2)s1. The smallest absolute Gasteiger partial charge is 0.407 e. The average molecular weight is 1230 g/mol. The van der Waals surface area contributed by atoms with Crippen molar-refractivity contribution in [2.75, 3.05) is 39.5 Å². The molecule has 0 saturated heterocycles. The van der Waals surface area contributed by atoms with E-state index in [2.05, 4.69) is 90.3 Å². The van der Waals surface area contributed by atoms with Gasteiger partial charge in [-0.05, 0) is 86.8 Å². The van der Waals surface area contributed by atoms with Gasteiger partial charge in [-0.3, -0.25) is 0 Å². The zero-order chi connectivity index (χ0) is 58.1. The van der Waals surface area contributed by atoms with E-state index in [1.807, 2.05) is 23.7 Å². The average Bonchev–Trinajstić information content (AvgIpc) is 3.94. The molecular formula is C66H94N4O6S6. The second-order valence-corrected chi connectivity index (χ2v) is 28.8. The Morgan fingerprint density at radius 1 is 0.476 bits per heavy atom. The molecule has 6 heterocycles. The van der Waals surface area contributed by atoms with Crippen LogP contribution in [0.1, 0.15) is 204 Å². The lowest BCUT2D eigenvalue weighted by Crippen LogP contribution is -2.26. The lowest BCUT2D eigenvalue weighted by Gasteiger charge is -2.19. The fourth-order valence-electron chi connectivity index (χ4n) is 10.4. The summed E-state index contributed by atoms with van der Waals surface area (Å²) in [6, 6.07) is 9.16. The summed E-state index contributed by atoms with van der Waals surface area (Å²) in [5.41, 5.74) is 2.28. The monoisotopic (exact) mass is 1230 g/mol. The molecule has 0 aliphatic heterocycles. The topological polar surface area (TPSA) is 121 Å². The number of carbonyl (C=O) groups is 2. The predicted octanol–water partition coefficient (Wildman–Crippen LogP) is 21.7. The molecule has 7 aromatic rings. The molecule has 2 unspecified atom stereocenters. The van der Waals surface area contributed by atoms with Gasteiger partial charge >= 0.3 is 12.2 Å². The van der Waals surface area contributed by atoms with Crippen LogP contribution in [-0.2, 0) is 22.3 Å².